The van der Waals surface area contributed by atoms with Crippen molar-refractivity contribution < 1.29 is 4.79 Å². The zero-order valence-corrected chi connectivity index (χ0v) is 6.92. The van der Waals surface area contributed by atoms with Crippen LogP contribution in [0.25, 0.3) is 0 Å². The predicted octanol–water partition coefficient (Wildman–Crippen LogP) is 2.44. The highest BCUT2D eigenvalue weighted by atomic mass is 16.2. The molecule has 11 heavy (non-hydrogen) atoms. The number of rotatable bonds is 3. The number of carbonyl (C=O) groups is 1. The van der Waals surface area contributed by atoms with E-state index in [4.69, 9.17) is 0 Å². The minimum atomic E-state index is -0.143. The third-order valence-corrected chi connectivity index (χ3v) is 1.77. The van der Waals surface area contributed by atoms with Crippen molar-refractivity contribution in [3.8, 4) is 0 Å². The summed E-state index contributed by atoms with van der Waals surface area (Å²) >= 11 is 0. The fourth-order valence-corrected chi connectivity index (χ4v) is 1.04. The zero-order valence-electron chi connectivity index (χ0n) is 6.92. The zero-order chi connectivity index (χ0) is 8.27. The maximum atomic E-state index is 11.0. The molecule has 60 valence electrons. The van der Waals surface area contributed by atoms with Gasteiger partial charge in [0.05, 0.1) is 5.70 Å². The minimum absolute atomic E-state index is 0.143. The van der Waals surface area contributed by atoms with Crippen LogP contribution in [0.15, 0.2) is 21.5 Å². The largest absolute Gasteiger partial charge is 0.293 e. The Hall–Kier alpha value is -0.990. The standard InChI is InChI=1S/C8H12N2O/c1-3-4-5-7-6(2)9-10-8(7)11/h3-5H2,1-2H3. The third-order valence-electron chi connectivity index (χ3n) is 1.77. The summed E-state index contributed by atoms with van der Waals surface area (Å²) in [5, 5.41) is 7.17. The maximum absolute atomic E-state index is 11.0. The first-order valence-corrected chi connectivity index (χ1v) is 3.91. The summed E-state index contributed by atoms with van der Waals surface area (Å²) in [5.41, 5.74) is 1.59. The first-order chi connectivity index (χ1) is 5.25. The molecule has 0 aromatic heterocycles. The molecule has 0 radical (unpaired) electrons. The molecule has 1 rings (SSSR count). The van der Waals surface area contributed by atoms with E-state index < -0.39 is 0 Å². The summed E-state index contributed by atoms with van der Waals surface area (Å²) < 4.78 is 0. The van der Waals surface area contributed by atoms with E-state index in [1.807, 2.05) is 6.92 Å². The fourth-order valence-electron chi connectivity index (χ4n) is 1.04. The van der Waals surface area contributed by atoms with Crippen molar-refractivity contribution in [2.24, 2.45) is 10.2 Å². The van der Waals surface area contributed by atoms with Crippen LogP contribution in [0.1, 0.15) is 33.1 Å². The fraction of sp³-hybridized carbons (Fsp3) is 0.625. The Bertz CT molecular complexity index is 228. The number of carbonyl (C=O) groups excluding carboxylic acids is 1. The Balaban J connectivity index is 2.58. The molecule has 0 aromatic rings. The lowest BCUT2D eigenvalue weighted by atomic mass is 10.1. The topological polar surface area (TPSA) is 41.8 Å². The van der Waals surface area contributed by atoms with Gasteiger partial charge in [-0.1, -0.05) is 13.3 Å². The van der Waals surface area contributed by atoms with Gasteiger partial charge in [0.15, 0.2) is 0 Å². The van der Waals surface area contributed by atoms with Gasteiger partial charge in [-0.25, -0.2) is 0 Å². The number of unbranched alkanes of at least 4 members (excludes halogenated alkanes) is 1. The molecule has 0 unspecified atom stereocenters. The summed E-state index contributed by atoms with van der Waals surface area (Å²) in [6.45, 7) is 3.93. The van der Waals surface area contributed by atoms with Crippen molar-refractivity contribution in [1.82, 2.24) is 0 Å². The van der Waals surface area contributed by atoms with E-state index in [0.717, 1.165) is 30.5 Å². The van der Waals surface area contributed by atoms with Gasteiger partial charge in [-0.15, -0.1) is 5.11 Å². The number of hydrogen-bond acceptors (Lipinski definition) is 2. The molecule has 1 amide bonds. The molecular weight excluding hydrogens is 140 g/mol. The Kier molecular flexibility index (Phi) is 2.52. The number of azo groups is 1. The van der Waals surface area contributed by atoms with Crippen LogP contribution in [0.2, 0.25) is 0 Å². The van der Waals surface area contributed by atoms with Crippen LogP contribution < -0.4 is 0 Å². The SMILES string of the molecule is CCCCC1=C(C)N=NC1=O. The monoisotopic (exact) mass is 152 g/mol. The predicted molar refractivity (Wildman–Crippen MR) is 42.1 cm³/mol. The van der Waals surface area contributed by atoms with E-state index in [1.54, 1.807) is 0 Å². The van der Waals surface area contributed by atoms with E-state index in [0.29, 0.717) is 0 Å². The summed E-state index contributed by atoms with van der Waals surface area (Å²) in [4.78, 5) is 11.0. The van der Waals surface area contributed by atoms with Crippen LogP contribution in [-0.2, 0) is 4.79 Å². The van der Waals surface area contributed by atoms with Crippen LogP contribution >= 0.6 is 0 Å². The maximum Gasteiger partial charge on any atom is 0.293 e. The normalized spacial score (nSPS) is 16.7. The van der Waals surface area contributed by atoms with Gasteiger partial charge in [-0.3, -0.25) is 4.79 Å². The van der Waals surface area contributed by atoms with E-state index in [9.17, 15) is 4.79 Å². The molecule has 0 saturated heterocycles. The van der Waals surface area contributed by atoms with Crippen molar-refractivity contribution in [1.29, 1.82) is 0 Å². The van der Waals surface area contributed by atoms with Crippen LogP contribution in [0.5, 0.6) is 0 Å². The number of amides is 1. The molecule has 3 nitrogen and oxygen atoms in total. The second-order valence-electron chi connectivity index (χ2n) is 2.67. The van der Waals surface area contributed by atoms with Gasteiger partial charge in [-0.05, 0) is 19.8 Å². The van der Waals surface area contributed by atoms with Gasteiger partial charge in [0.2, 0.25) is 0 Å². The summed E-state index contributed by atoms with van der Waals surface area (Å²) in [7, 11) is 0. The molecule has 3 heteroatoms. The second kappa shape index (κ2) is 3.42. The van der Waals surface area contributed by atoms with E-state index >= 15 is 0 Å². The Morgan fingerprint density at radius 3 is 2.55 bits per heavy atom. The van der Waals surface area contributed by atoms with Crippen LogP contribution in [-0.4, -0.2) is 5.91 Å². The molecule has 0 N–H and O–H groups in total. The highest BCUT2D eigenvalue weighted by Gasteiger charge is 2.16. The summed E-state index contributed by atoms with van der Waals surface area (Å²) in [5.74, 6) is -0.143. The smallest absolute Gasteiger partial charge is 0.265 e. The summed E-state index contributed by atoms with van der Waals surface area (Å²) in [6, 6.07) is 0. The molecule has 0 aliphatic carbocycles. The highest BCUT2D eigenvalue weighted by Crippen LogP contribution is 2.20. The molecule has 0 atom stereocenters. The molecular formula is C8H12N2O. The molecule has 0 aromatic carbocycles. The van der Waals surface area contributed by atoms with E-state index in [-0.39, 0.29) is 5.91 Å². The van der Waals surface area contributed by atoms with E-state index in [2.05, 4.69) is 17.2 Å². The Morgan fingerprint density at radius 1 is 1.36 bits per heavy atom. The minimum Gasteiger partial charge on any atom is -0.265 e. The average molecular weight is 152 g/mol. The van der Waals surface area contributed by atoms with Crippen molar-refractivity contribution in [3.05, 3.63) is 11.3 Å². The van der Waals surface area contributed by atoms with Crippen LogP contribution in [0.4, 0.5) is 0 Å². The van der Waals surface area contributed by atoms with Gasteiger partial charge < -0.3 is 0 Å². The molecule has 0 bridgehead atoms. The first-order valence-electron chi connectivity index (χ1n) is 3.91. The Morgan fingerprint density at radius 2 is 2.09 bits per heavy atom. The molecule has 1 aliphatic rings. The third kappa shape index (κ3) is 1.73. The molecule has 0 spiro atoms. The van der Waals surface area contributed by atoms with Crippen molar-refractivity contribution in [3.63, 3.8) is 0 Å². The quantitative estimate of drug-likeness (QED) is 0.612. The van der Waals surface area contributed by atoms with Gasteiger partial charge in [-0.2, -0.15) is 5.11 Å². The average Bonchev–Trinajstić information content (AvgIpc) is 2.29. The second-order valence-corrected chi connectivity index (χ2v) is 2.67. The van der Waals surface area contributed by atoms with E-state index in [1.165, 1.54) is 0 Å². The van der Waals surface area contributed by atoms with Gasteiger partial charge in [0, 0.05) is 5.57 Å². The number of nitrogens with zero attached hydrogens (tertiary/aromatic N) is 2. The van der Waals surface area contributed by atoms with Gasteiger partial charge >= 0.3 is 0 Å². The molecule has 1 aliphatic heterocycles. The summed E-state index contributed by atoms with van der Waals surface area (Å²) in [6.07, 6.45) is 2.97. The molecule has 0 fully saturated rings. The lowest BCUT2D eigenvalue weighted by molar-refractivity contribution is -0.114. The van der Waals surface area contributed by atoms with Crippen molar-refractivity contribution in [2.75, 3.05) is 0 Å². The number of allylic oxidation sites excluding steroid dienone is 1. The van der Waals surface area contributed by atoms with Crippen LogP contribution in [0, 0.1) is 0 Å². The van der Waals surface area contributed by atoms with Gasteiger partial charge in [0.1, 0.15) is 0 Å². The van der Waals surface area contributed by atoms with Crippen LogP contribution in [0.3, 0.4) is 0 Å². The van der Waals surface area contributed by atoms with Crippen molar-refractivity contribution >= 4 is 5.91 Å². The molecule has 1 heterocycles. The lowest BCUT2D eigenvalue weighted by Crippen LogP contribution is -1.95. The molecule has 0 saturated carbocycles. The van der Waals surface area contributed by atoms with Crippen molar-refractivity contribution in [2.45, 2.75) is 33.1 Å². The Labute approximate surface area is 66.2 Å². The first kappa shape index (κ1) is 8.11. The number of hydrogen-bond donors (Lipinski definition) is 0. The lowest BCUT2D eigenvalue weighted by Gasteiger charge is -1.96. The van der Waals surface area contributed by atoms with Gasteiger partial charge in [0.25, 0.3) is 5.91 Å². The highest BCUT2D eigenvalue weighted by molar-refractivity contribution is 5.96.